The lowest BCUT2D eigenvalue weighted by molar-refractivity contribution is 0.179. The Hall–Kier alpha value is -1.13. The molecular formula is C42H29Br8Cl2N2O8PS. The first kappa shape index (κ1) is 52.2. The molecule has 1 aliphatic heterocycles. The first-order valence-corrected chi connectivity index (χ1v) is 27.9. The molecule has 1 atom stereocenters. The van der Waals surface area contributed by atoms with Crippen molar-refractivity contribution in [1.29, 1.82) is 5.41 Å². The SMILES string of the molecule is CC1=CC(=C(c2cc(C)c(N)c(C)c2)c2c(Cl)cccc2Cl)C=C(C)C1=N.O=P(O)(O)Oc1c(Br)cc(C2(c3cc(Br)c(O)c(Br)c3)OS(=O)(=O)c3c(Br)c(Br)c(Br)c(Br)c32)cc1Br. The summed E-state index contributed by atoms with van der Waals surface area (Å²) in [5, 5.41) is 19.7. The highest BCUT2D eigenvalue weighted by molar-refractivity contribution is 9.15. The van der Waals surface area contributed by atoms with Crippen LogP contribution in [-0.2, 0) is 24.5 Å². The van der Waals surface area contributed by atoms with Gasteiger partial charge in [0.25, 0.3) is 10.1 Å². The van der Waals surface area contributed by atoms with E-state index in [9.17, 15) is 27.9 Å². The molecule has 22 heteroatoms. The van der Waals surface area contributed by atoms with Gasteiger partial charge in [-0.1, -0.05) is 29.3 Å². The van der Waals surface area contributed by atoms with Crippen LogP contribution in [0.3, 0.4) is 0 Å². The first-order valence-electron chi connectivity index (χ1n) is 17.9. The number of allylic oxidation sites excluding steroid dienone is 5. The second-order valence-electron chi connectivity index (χ2n) is 14.3. The van der Waals surface area contributed by atoms with Crippen LogP contribution < -0.4 is 10.3 Å². The standard InChI is InChI=1S/C23H22Cl2N2.C19H7Br8O8PS/c1-12-8-16(9-13(2)22(12)26)20(21-18(24)6-5-7-19(21)25)17-10-14(3)23(27)15(4)11-17;20-7-1-5(2-8(21)16(7)28)19(6-3-9(22)17(10(23)4-6)34-36(29,30)31)11-12(24)13(25)14(26)15(27)18(11)37(32,33)35-19/h5-11,26H,27H2,1-4H3;1-4,28H,(H2,29,30,31). The normalized spacial score (nSPS) is 16.8. The number of phenols is 1. The van der Waals surface area contributed by atoms with Crippen molar-refractivity contribution in [3.05, 3.63) is 168 Å². The topological polar surface area (TPSA) is 180 Å². The number of phosphoric acid groups is 1. The van der Waals surface area contributed by atoms with Gasteiger partial charge < -0.3 is 20.8 Å². The lowest BCUT2D eigenvalue weighted by Crippen LogP contribution is -2.30. The molecule has 7 rings (SSSR count). The van der Waals surface area contributed by atoms with Crippen LogP contribution in [0, 0.1) is 19.3 Å². The van der Waals surface area contributed by atoms with Gasteiger partial charge in [0.15, 0.2) is 11.4 Å². The van der Waals surface area contributed by atoms with Crippen LogP contribution in [0.2, 0.25) is 10.0 Å². The zero-order chi connectivity index (χ0) is 47.7. The van der Waals surface area contributed by atoms with E-state index in [2.05, 4.69) is 140 Å². The smallest absolute Gasteiger partial charge is 0.506 e. The maximum atomic E-state index is 13.6. The number of phenolic OH excluding ortho intramolecular Hbond substituents is 1. The fraction of sp³-hybridized carbons (Fsp3) is 0.119. The highest BCUT2D eigenvalue weighted by Gasteiger charge is 2.55. The van der Waals surface area contributed by atoms with Gasteiger partial charge >= 0.3 is 7.82 Å². The molecule has 64 heavy (non-hydrogen) atoms. The summed E-state index contributed by atoms with van der Waals surface area (Å²) in [4.78, 5) is 18.5. The van der Waals surface area contributed by atoms with E-state index in [-0.39, 0.29) is 55.4 Å². The molecule has 1 heterocycles. The summed E-state index contributed by atoms with van der Waals surface area (Å²) in [5.41, 5.74) is 13.9. The van der Waals surface area contributed by atoms with Crippen LogP contribution in [0.4, 0.5) is 5.69 Å². The Morgan fingerprint density at radius 2 is 1.22 bits per heavy atom. The summed E-state index contributed by atoms with van der Waals surface area (Å²) in [6.07, 6.45) is 4.04. The Morgan fingerprint density at radius 3 is 1.69 bits per heavy atom. The van der Waals surface area contributed by atoms with Gasteiger partial charge in [0.1, 0.15) is 10.6 Å². The fourth-order valence-corrected chi connectivity index (χ4v) is 15.7. The number of rotatable bonds is 6. The van der Waals surface area contributed by atoms with E-state index in [0.717, 1.165) is 50.2 Å². The second-order valence-corrected chi connectivity index (χ2v) is 24.3. The van der Waals surface area contributed by atoms with E-state index in [1.807, 2.05) is 58.0 Å². The number of nitrogen functional groups attached to an aromatic ring is 1. The van der Waals surface area contributed by atoms with Gasteiger partial charge in [-0.05, 0) is 266 Å². The van der Waals surface area contributed by atoms with Crippen LogP contribution in [0.5, 0.6) is 11.5 Å². The summed E-state index contributed by atoms with van der Waals surface area (Å²) < 4.78 is 51.6. The summed E-state index contributed by atoms with van der Waals surface area (Å²) in [5.74, 6) is -0.330. The molecule has 0 amide bonds. The summed E-state index contributed by atoms with van der Waals surface area (Å²) in [7, 11) is -9.34. The number of aryl methyl sites for hydroxylation is 2. The molecule has 0 fully saturated rings. The third-order valence-corrected chi connectivity index (χ3v) is 19.9. The predicted molar refractivity (Wildman–Crippen MR) is 281 cm³/mol. The van der Waals surface area contributed by atoms with Crippen molar-refractivity contribution in [3.63, 3.8) is 0 Å². The molecule has 1 unspecified atom stereocenters. The Morgan fingerprint density at radius 1 is 0.766 bits per heavy atom. The Bertz CT molecular complexity index is 3030. The van der Waals surface area contributed by atoms with Crippen molar-refractivity contribution in [1.82, 2.24) is 0 Å². The van der Waals surface area contributed by atoms with E-state index in [0.29, 0.717) is 29.2 Å². The number of nitrogens with one attached hydrogen (secondary N) is 1. The molecule has 5 aromatic rings. The minimum absolute atomic E-state index is 0.0947. The summed E-state index contributed by atoms with van der Waals surface area (Å²) in [6, 6.07) is 15.5. The summed E-state index contributed by atoms with van der Waals surface area (Å²) in [6.45, 7) is 7.90. The monoisotopic (exact) mass is 1450 g/mol. The number of benzene rings is 5. The molecule has 0 saturated carbocycles. The Kier molecular flexibility index (Phi) is 16.1. The molecule has 1 aliphatic carbocycles. The van der Waals surface area contributed by atoms with E-state index < -0.39 is 23.5 Å². The van der Waals surface area contributed by atoms with Gasteiger partial charge in [-0.3, -0.25) is 9.79 Å². The first-order chi connectivity index (χ1) is 29.6. The van der Waals surface area contributed by atoms with Crippen molar-refractivity contribution < 1.29 is 36.6 Å². The minimum Gasteiger partial charge on any atom is -0.506 e. The molecule has 5 aromatic carbocycles. The third kappa shape index (κ3) is 9.98. The quantitative estimate of drug-likeness (QED) is 0.0364. The predicted octanol–water partition coefficient (Wildman–Crippen LogP) is 15.9. The molecule has 0 spiro atoms. The fourth-order valence-electron chi connectivity index (χ4n) is 7.12. The zero-order valence-electron chi connectivity index (χ0n) is 32.9. The third-order valence-electron chi connectivity index (χ3n) is 10.0. The lowest BCUT2D eigenvalue weighted by atomic mass is 9.80. The van der Waals surface area contributed by atoms with E-state index in [4.69, 9.17) is 43.1 Å². The molecular weight excluding hydrogens is 1430 g/mol. The van der Waals surface area contributed by atoms with Crippen molar-refractivity contribution in [2.75, 3.05) is 5.73 Å². The van der Waals surface area contributed by atoms with Crippen LogP contribution in [0.25, 0.3) is 5.57 Å². The van der Waals surface area contributed by atoms with E-state index in [1.54, 1.807) is 0 Å². The van der Waals surface area contributed by atoms with E-state index in [1.165, 1.54) is 24.3 Å². The highest BCUT2D eigenvalue weighted by atomic mass is 79.9. The number of anilines is 1. The van der Waals surface area contributed by atoms with Gasteiger partial charge in [-0.2, -0.15) is 8.42 Å². The van der Waals surface area contributed by atoms with Crippen LogP contribution >= 0.6 is 158 Å². The molecule has 0 aromatic heterocycles. The Labute approximate surface area is 446 Å². The minimum atomic E-state index is -4.93. The largest absolute Gasteiger partial charge is 0.524 e. The van der Waals surface area contributed by atoms with Gasteiger partial charge in [-0.15, -0.1) is 0 Å². The molecule has 336 valence electrons. The van der Waals surface area contributed by atoms with E-state index >= 15 is 0 Å². The van der Waals surface area contributed by atoms with Crippen LogP contribution in [0.1, 0.15) is 52.8 Å². The number of halogens is 10. The van der Waals surface area contributed by atoms with Gasteiger partial charge in [0, 0.05) is 40.3 Å². The average Bonchev–Trinajstić information content (AvgIpc) is 3.46. The number of fused-ring (bicyclic) bond motifs is 1. The number of aromatic hydroxyl groups is 1. The number of phosphoric ester groups is 1. The van der Waals surface area contributed by atoms with Crippen molar-refractivity contribution in [2.24, 2.45) is 0 Å². The molecule has 2 aliphatic rings. The van der Waals surface area contributed by atoms with Crippen LogP contribution in [0.15, 0.2) is 124 Å². The second kappa shape index (κ2) is 19.7. The Balaban J connectivity index is 0.000000223. The average molecular weight is 1460 g/mol. The molecule has 0 radical (unpaired) electrons. The summed E-state index contributed by atoms with van der Waals surface area (Å²) >= 11 is 40.0. The maximum absolute atomic E-state index is 13.6. The number of nitrogens with two attached hydrogens (primary N) is 1. The molecule has 0 saturated heterocycles. The highest BCUT2D eigenvalue weighted by Crippen LogP contribution is 2.60. The zero-order valence-corrected chi connectivity index (χ0v) is 48.9. The van der Waals surface area contributed by atoms with Crippen molar-refractivity contribution in [3.8, 4) is 11.5 Å². The van der Waals surface area contributed by atoms with Crippen LogP contribution in [-0.4, -0.2) is 29.0 Å². The lowest BCUT2D eigenvalue weighted by Gasteiger charge is -2.31. The number of hydrogen-bond donors (Lipinski definition) is 5. The molecule has 6 N–H and O–H groups in total. The molecule has 0 bridgehead atoms. The van der Waals surface area contributed by atoms with Gasteiger partial charge in [0.2, 0.25) is 0 Å². The van der Waals surface area contributed by atoms with Gasteiger partial charge in [0.05, 0.1) is 28.1 Å². The van der Waals surface area contributed by atoms with Gasteiger partial charge in [-0.25, -0.2) is 8.75 Å². The number of hydrogen-bond acceptors (Lipinski definition) is 8. The maximum Gasteiger partial charge on any atom is 0.524 e. The molecule has 10 nitrogen and oxygen atoms in total. The van der Waals surface area contributed by atoms with Crippen molar-refractivity contribution >= 4 is 186 Å². The van der Waals surface area contributed by atoms with Crippen molar-refractivity contribution in [2.45, 2.75) is 38.2 Å².